The summed E-state index contributed by atoms with van der Waals surface area (Å²) in [6.45, 7) is 2.70. The summed E-state index contributed by atoms with van der Waals surface area (Å²) in [7, 11) is 1.73. The van der Waals surface area contributed by atoms with Gasteiger partial charge in [-0.15, -0.1) is 0 Å². The van der Waals surface area contributed by atoms with E-state index in [1.165, 1.54) is 37.8 Å². The first-order valence-corrected chi connectivity index (χ1v) is 11.8. The number of amides is 1. The number of benzene rings is 1. The summed E-state index contributed by atoms with van der Waals surface area (Å²) in [6.07, 6.45) is 9.58. The van der Waals surface area contributed by atoms with Crippen LogP contribution in [0.1, 0.15) is 41.6 Å². The molecule has 2 bridgehead atoms. The average Bonchev–Trinajstić information content (AvgIpc) is 2.87. The van der Waals surface area contributed by atoms with Gasteiger partial charge in [-0.2, -0.15) is 0 Å². The van der Waals surface area contributed by atoms with Crippen molar-refractivity contribution in [3.63, 3.8) is 0 Å². The SMILES string of the molecule is COc1cccc(C[C@H]2[C@H]3C[C@H](CN(C(=O)c4ccncc4)C3)[C@@H]3CCCCN32)c1.O=CO. The third-order valence-electron chi connectivity index (χ3n) is 7.42. The van der Waals surface area contributed by atoms with E-state index in [0.29, 0.717) is 23.9 Å². The van der Waals surface area contributed by atoms with Gasteiger partial charge >= 0.3 is 0 Å². The Kier molecular flexibility index (Phi) is 7.60. The zero-order valence-corrected chi connectivity index (χ0v) is 19.2. The second kappa shape index (κ2) is 10.8. The van der Waals surface area contributed by atoms with Crippen LogP contribution in [0.5, 0.6) is 5.75 Å². The molecule has 33 heavy (non-hydrogen) atoms. The first-order chi connectivity index (χ1) is 16.1. The van der Waals surface area contributed by atoms with E-state index in [2.05, 4.69) is 33.0 Å². The Morgan fingerprint density at radius 1 is 1.18 bits per heavy atom. The molecule has 0 saturated carbocycles. The molecule has 4 heterocycles. The zero-order valence-electron chi connectivity index (χ0n) is 19.2. The lowest BCUT2D eigenvalue weighted by atomic mass is 9.71. The van der Waals surface area contributed by atoms with Crippen LogP contribution in [-0.2, 0) is 11.2 Å². The fourth-order valence-corrected chi connectivity index (χ4v) is 6.07. The van der Waals surface area contributed by atoms with Gasteiger partial charge in [-0.3, -0.25) is 19.5 Å². The molecule has 0 radical (unpaired) electrons. The maximum absolute atomic E-state index is 13.2. The number of piperidine rings is 3. The van der Waals surface area contributed by atoms with Crippen molar-refractivity contribution in [2.45, 2.75) is 44.2 Å². The van der Waals surface area contributed by atoms with Gasteiger partial charge in [0.1, 0.15) is 5.75 Å². The molecule has 5 rings (SSSR count). The number of carbonyl (C=O) groups is 2. The number of methoxy groups -OCH3 is 1. The van der Waals surface area contributed by atoms with Crippen molar-refractivity contribution >= 4 is 12.4 Å². The highest BCUT2D eigenvalue weighted by molar-refractivity contribution is 5.94. The highest BCUT2D eigenvalue weighted by Crippen LogP contribution is 2.42. The molecule has 1 aromatic carbocycles. The quantitative estimate of drug-likeness (QED) is 0.718. The van der Waals surface area contributed by atoms with Crippen molar-refractivity contribution < 1.29 is 19.4 Å². The number of hydrogen-bond donors (Lipinski definition) is 1. The summed E-state index contributed by atoms with van der Waals surface area (Å²) < 4.78 is 5.46. The second-order valence-corrected chi connectivity index (χ2v) is 9.23. The van der Waals surface area contributed by atoms with Gasteiger partial charge in [-0.1, -0.05) is 18.6 Å². The minimum absolute atomic E-state index is 0.163. The van der Waals surface area contributed by atoms with Crippen molar-refractivity contribution in [3.8, 4) is 5.75 Å². The molecule has 176 valence electrons. The fourth-order valence-electron chi connectivity index (χ4n) is 6.07. The summed E-state index contributed by atoms with van der Waals surface area (Å²) in [6, 6.07) is 13.3. The lowest BCUT2D eigenvalue weighted by molar-refractivity contribution is -0.122. The minimum Gasteiger partial charge on any atom is -0.497 e. The average molecular weight is 452 g/mol. The first-order valence-electron chi connectivity index (χ1n) is 11.8. The Hall–Kier alpha value is -2.93. The van der Waals surface area contributed by atoms with Crippen LogP contribution in [0, 0.1) is 11.8 Å². The van der Waals surface area contributed by atoms with E-state index < -0.39 is 0 Å². The number of ether oxygens (including phenoxy) is 1. The summed E-state index contributed by atoms with van der Waals surface area (Å²) in [4.78, 5) is 30.6. The standard InChI is InChI=1S/C25H31N3O2.CH2O2/c1-30-22-6-4-5-18(13-22)14-24-21-15-20(23-7-2-3-12-28(23)24)16-27(17-21)25(29)19-8-10-26-11-9-19;2-1-3/h4-6,8-11,13,20-21,23-24H,2-3,7,12,14-17H2,1H3;1H,(H,2,3)/t20-,21+,23+,24+;/m1./s1. The molecule has 1 amide bonds. The van der Waals surface area contributed by atoms with E-state index in [1.807, 2.05) is 18.2 Å². The van der Waals surface area contributed by atoms with E-state index in [4.69, 9.17) is 14.6 Å². The smallest absolute Gasteiger partial charge is 0.290 e. The molecule has 7 heteroatoms. The van der Waals surface area contributed by atoms with Gasteiger partial charge < -0.3 is 14.7 Å². The van der Waals surface area contributed by atoms with Gasteiger partial charge in [-0.25, -0.2) is 0 Å². The number of carboxylic acid groups (broad SMARTS) is 1. The van der Waals surface area contributed by atoms with Gasteiger partial charge in [-0.05, 0) is 73.9 Å². The molecule has 3 aliphatic rings. The van der Waals surface area contributed by atoms with Gasteiger partial charge in [0.2, 0.25) is 0 Å². The van der Waals surface area contributed by atoms with Gasteiger partial charge in [0.15, 0.2) is 0 Å². The van der Waals surface area contributed by atoms with Crippen molar-refractivity contribution in [1.29, 1.82) is 0 Å². The highest BCUT2D eigenvalue weighted by Gasteiger charge is 2.47. The van der Waals surface area contributed by atoms with Gasteiger partial charge in [0.05, 0.1) is 7.11 Å². The summed E-state index contributed by atoms with van der Waals surface area (Å²) in [5.41, 5.74) is 2.09. The molecule has 2 aromatic rings. The molecular formula is C26H33N3O4. The van der Waals surface area contributed by atoms with Crippen LogP contribution >= 0.6 is 0 Å². The summed E-state index contributed by atoms with van der Waals surface area (Å²) in [5, 5.41) is 6.89. The summed E-state index contributed by atoms with van der Waals surface area (Å²) >= 11 is 0. The molecule has 0 spiro atoms. The Morgan fingerprint density at radius 3 is 2.70 bits per heavy atom. The van der Waals surface area contributed by atoms with E-state index in [1.54, 1.807) is 19.5 Å². The molecule has 3 aliphatic heterocycles. The van der Waals surface area contributed by atoms with Crippen molar-refractivity contribution in [2.75, 3.05) is 26.7 Å². The molecule has 4 atom stereocenters. The Labute approximate surface area is 195 Å². The number of carbonyl (C=O) groups excluding carboxylic acids is 1. The molecular weight excluding hydrogens is 418 g/mol. The number of nitrogens with zero attached hydrogens (tertiary/aromatic N) is 3. The molecule has 3 saturated heterocycles. The zero-order chi connectivity index (χ0) is 23.2. The van der Waals surface area contributed by atoms with E-state index in [-0.39, 0.29) is 12.4 Å². The molecule has 3 fully saturated rings. The molecule has 1 N–H and O–H groups in total. The van der Waals surface area contributed by atoms with Crippen LogP contribution < -0.4 is 4.74 Å². The number of rotatable bonds is 4. The Morgan fingerprint density at radius 2 is 1.94 bits per heavy atom. The van der Waals surface area contributed by atoms with Crippen LogP contribution in [-0.4, -0.2) is 71.1 Å². The largest absolute Gasteiger partial charge is 0.497 e. The molecule has 7 nitrogen and oxygen atoms in total. The number of aromatic nitrogens is 1. The number of hydrogen-bond acceptors (Lipinski definition) is 5. The highest BCUT2D eigenvalue weighted by atomic mass is 16.5. The second-order valence-electron chi connectivity index (χ2n) is 9.23. The third kappa shape index (κ3) is 5.19. The number of pyridine rings is 1. The molecule has 0 unspecified atom stereocenters. The molecule has 1 aromatic heterocycles. The van der Waals surface area contributed by atoms with E-state index >= 15 is 0 Å². The Balaban J connectivity index is 0.000000821. The maximum Gasteiger partial charge on any atom is 0.290 e. The van der Waals surface area contributed by atoms with Crippen LogP contribution in [0.2, 0.25) is 0 Å². The fraction of sp³-hybridized carbons (Fsp3) is 0.500. The third-order valence-corrected chi connectivity index (χ3v) is 7.42. The minimum atomic E-state index is -0.250. The number of likely N-dealkylation sites (tertiary alicyclic amines) is 1. The van der Waals surface area contributed by atoms with Crippen LogP contribution in [0.15, 0.2) is 48.8 Å². The van der Waals surface area contributed by atoms with Gasteiger partial charge in [0.25, 0.3) is 12.4 Å². The summed E-state index contributed by atoms with van der Waals surface area (Å²) in [5.74, 6) is 2.21. The Bertz CT molecular complexity index is 938. The lowest BCUT2D eigenvalue weighted by Crippen LogP contribution is -2.64. The maximum atomic E-state index is 13.2. The van der Waals surface area contributed by atoms with Crippen molar-refractivity contribution in [2.24, 2.45) is 11.8 Å². The predicted molar refractivity (Wildman–Crippen MR) is 125 cm³/mol. The lowest BCUT2D eigenvalue weighted by Gasteiger charge is -2.57. The molecule has 0 aliphatic carbocycles. The monoisotopic (exact) mass is 451 g/mol. The normalized spacial score (nSPS) is 26.4. The van der Waals surface area contributed by atoms with Crippen molar-refractivity contribution in [1.82, 2.24) is 14.8 Å². The predicted octanol–water partition coefficient (Wildman–Crippen LogP) is 3.35. The van der Waals surface area contributed by atoms with E-state index in [0.717, 1.165) is 30.8 Å². The van der Waals surface area contributed by atoms with Crippen LogP contribution in [0.3, 0.4) is 0 Å². The first kappa shape index (κ1) is 23.2. The number of fused-ring (bicyclic) bond motifs is 4. The van der Waals surface area contributed by atoms with Crippen LogP contribution in [0.4, 0.5) is 0 Å². The van der Waals surface area contributed by atoms with Crippen LogP contribution in [0.25, 0.3) is 0 Å². The van der Waals surface area contributed by atoms with Gasteiger partial charge in [0, 0.05) is 43.1 Å². The topological polar surface area (TPSA) is 83.0 Å². The van der Waals surface area contributed by atoms with E-state index in [9.17, 15) is 4.79 Å². The van der Waals surface area contributed by atoms with Crippen molar-refractivity contribution in [3.05, 3.63) is 59.9 Å².